The highest BCUT2D eigenvalue weighted by Gasteiger charge is 2.43. The van der Waals surface area contributed by atoms with Crippen molar-refractivity contribution in [2.75, 3.05) is 0 Å². The average molecular weight is 359 g/mol. The molecule has 0 spiro atoms. The Kier molecular flexibility index (Phi) is 4.87. The molecule has 23 heavy (non-hydrogen) atoms. The summed E-state index contributed by atoms with van der Waals surface area (Å²) in [5, 5.41) is 26.6. The zero-order chi connectivity index (χ0) is 17.4. The second-order valence-corrected chi connectivity index (χ2v) is 6.42. The lowest BCUT2D eigenvalue weighted by atomic mass is 9.73. The first kappa shape index (κ1) is 17.6. The SMILES string of the molecule is CC(C(=O)O)C(C)(Cc1cc(Cl)c2[nH]ncc2c1CCl)C(=O)O. The molecular formula is C15H16Cl2N2O4. The Morgan fingerprint density at radius 1 is 1.43 bits per heavy atom. The van der Waals surface area contributed by atoms with Crippen LogP contribution in [0.1, 0.15) is 25.0 Å². The van der Waals surface area contributed by atoms with Crippen LogP contribution < -0.4 is 0 Å². The Balaban J connectivity index is 2.59. The Bertz CT molecular complexity index is 774. The van der Waals surface area contributed by atoms with E-state index >= 15 is 0 Å². The molecule has 3 N–H and O–H groups in total. The van der Waals surface area contributed by atoms with Gasteiger partial charge in [0.15, 0.2) is 0 Å². The summed E-state index contributed by atoms with van der Waals surface area (Å²) < 4.78 is 0. The van der Waals surface area contributed by atoms with Crippen LogP contribution in [0, 0.1) is 11.3 Å². The van der Waals surface area contributed by atoms with Gasteiger partial charge in [0.25, 0.3) is 0 Å². The van der Waals surface area contributed by atoms with Crippen molar-refractivity contribution in [1.29, 1.82) is 0 Å². The summed E-state index contributed by atoms with van der Waals surface area (Å²) in [6.45, 7) is 2.80. The molecule has 2 unspecified atom stereocenters. The number of nitrogens with zero attached hydrogens (tertiary/aromatic N) is 1. The second-order valence-electron chi connectivity index (χ2n) is 5.75. The number of rotatable bonds is 6. The van der Waals surface area contributed by atoms with Crippen molar-refractivity contribution in [2.24, 2.45) is 11.3 Å². The summed E-state index contributed by atoms with van der Waals surface area (Å²) in [5.74, 6) is -3.30. The monoisotopic (exact) mass is 358 g/mol. The van der Waals surface area contributed by atoms with Gasteiger partial charge >= 0.3 is 11.9 Å². The molecule has 6 nitrogen and oxygen atoms in total. The third-order valence-electron chi connectivity index (χ3n) is 4.40. The number of benzene rings is 1. The molecule has 1 heterocycles. The molecule has 0 amide bonds. The lowest BCUT2D eigenvalue weighted by Gasteiger charge is -2.29. The molecule has 0 fully saturated rings. The molecule has 0 bridgehead atoms. The van der Waals surface area contributed by atoms with Crippen molar-refractivity contribution in [2.45, 2.75) is 26.1 Å². The molecule has 0 aliphatic carbocycles. The van der Waals surface area contributed by atoms with E-state index in [2.05, 4.69) is 10.2 Å². The molecule has 1 aromatic carbocycles. The van der Waals surface area contributed by atoms with E-state index in [1.54, 1.807) is 12.3 Å². The molecule has 0 saturated carbocycles. The molecule has 0 aliphatic heterocycles. The van der Waals surface area contributed by atoms with Gasteiger partial charge in [-0.15, -0.1) is 11.6 Å². The zero-order valence-electron chi connectivity index (χ0n) is 12.6. The van der Waals surface area contributed by atoms with Crippen molar-refractivity contribution >= 4 is 46.0 Å². The highest BCUT2D eigenvalue weighted by molar-refractivity contribution is 6.35. The number of carboxylic acids is 2. The number of H-pyrrole nitrogens is 1. The van der Waals surface area contributed by atoms with Gasteiger partial charge in [0.2, 0.25) is 0 Å². The fourth-order valence-corrected chi connectivity index (χ4v) is 3.17. The van der Waals surface area contributed by atoms with Crippen LogP contribution in [-0.2, 0) is 21.9 Å². The molecule has 124 valence electrons. The van der Waals surface area contributed by atoms with Crippen LogP contribution in [0.15, 0.2) is 12.3 Å². The van der Waals surface area contributed by atoms with Gasteiger partial charge in [-0.3, -0.25) is 14.7 Å². The van der Waals surface area contributed by atoms with Crippen molar-refractivity contribution < 1.29 is 19.8 Å². The number of aliphatic carboxylic acids is 2. The average Bonchev–Trinajstić information content (AvgIpc) is 2.96. The van der Waals surface area contributed by atoms with Crippen molar-refractivity contribution in [3.8, 4) is 0 Å². The molecule has 2 aromatic rings. The maximum Gasteiger partial charge on any atom is 0.310 e. The van der Waals surface area contributed by atoms with Crippen LogP contribution in [0.3, 0.4) is 0 Å². The van der Waals surface area contributed by atoms with Crippen molar-refractivity contribution in [3.05, 3.63) is 28.4 Å². The number of hydrogen-bond donors (Lipinski definition) is 3. The Morgan fingerprint density at radius 3 is 2.61 bits per heavy atom. The molecule has 0 radical (unpaired) electrons. The smallest absolute Gasteiger partial charge is 0.310 e. The lowest BCUT2D eigenvalue weighted by molar-refractivity contribution is -0.160. The third-order valence-corrected chi connectivity index (χ3v) is 4.96. The van der Waals surface area contributed by atoms with Gasteiger partial charge in [-0.2, -0.15) is 5.10 Å². The number of aromatic amines is 1. The standard InChI is InChI=1S/C15H16Cl2N2O4/c1-7(13(20)21)15(2,14(22)23)4-8-3-11(17)12-10(6-18-19-12)9(8)5-16/h3,6-7H,4-5H2,1-2H3,(H,18,19)(H,20,21)(H,22,23). The Morgan fingerprint density at radius 2 is 2.09 bits per heavy atom. The number of halogens is 2. The number of hydrogen-bond acceptors (Lipinski definition) is 3. The van der Waals surface area contributed by atoms with Crippen molar-refractivity contribution in [3.63, 3.8) is 0 Å². The van der Waals surface area contributed by atoms with Crippen LogP contribution in [0.5, 0.6) is 0 Å². The summed E-state index contributed by atoms with van der Waals surface area (Å²) in [6, 6.07) is 1.62. The van der Waals surface area contributed by atoms with E-state index in [4.69, 9.17) is 23.2 Å². The second kappa shape index (κ2) is 6.37. The first-order chi connectivity index (χ1) is 10.7. The van der Waals surface area contributed by atoms with Crippen LogP contribution in [0.25, 0.3) is 10.9 Å². The van der Waals surface area contributed by atoms with Gasteiger partial charge in [0, 0.05) is 11.3 Å². The first-order valence-corrected chi connectivity index (χ1v) is 7.79. The van der Waals surface area contributed by atoms with Crippen LogP contribution in [0.4, 0.5) is 0 Å². The number of nitrogens with one attached hydrogen (secondary N) is 1. The summed E-state index contributed by atoms with van der Waals surface area (Å²) in [7, 11) is 0. The Labute approximate surface area is 142 Å². The lowest BCUT2D eigenvalue weighted by Crippen LogP contribution is -2.40. The molecule has 0 saturated heterocycles. The van der Waals surface area contributed by atoms with Gasteiger partial charge in [0.05, 0.1) is 28.1 Å². The van der Waals surface area contributed by atoms with E-state index in [0.717, 1.165) is 0 Å². The van der Waals surface area contributed by atoms with E-state index in [1.165, 1.54) is 13.8 Å². The van der Waals surface area contributed by atoms with Gasteiger partial charge in [-0.05, 0) is 30.5 Å². The largest absolute Gasteiger partial charge is 0.481 e. The van der Waals surface area contributed by atoms with E-state index < -0.39 is 23.3 Å². The van der Waals surface area contributed by atoms with E-state index in [-0.39, 0.29) is 12.3 Å². The normalized spacial score (nSPS) is 15.3. The molecule has 2 atom stereocenters. The first-order valence-electron chi connectivity index (χ1n) is 6.87. The fourth-order valence-electron chi connectivity index (χ4n) is 2.58. The van der Waals surface area contributed by atoms with Gasteiger partial charge < -0.3 is 10.2 Å². The number of alkyl halides is 1. The summed E-state index contributed by atoms with van der Waals surface area (Å²) in [6.07, 6.45) is 1.57. The minimum atomic E-state index is -1.49. The number of carbonyl (C=O) groups is 2. The fraction of sp³-hybridized carbons (Fsp3) is 0.400. The van der Waals surface area contributed by atoms with Crippen LogP contribution >= 0.6 is 23.2 Å². The maximum atomic E-state index is 11.7. The molecule has 1 aromatic heterocycles. The van der Waals surface area contributed by atoms with Gasteiger partial charge in [-0.1, -0.05) is 18.5 Å². The third kappa shape index (κ3) is 3.01. The predicted octanol–water partition coefficient (Wildman–Crippen LogP) is 3.31. The number of fused-ring (bicyclic) bond motifs is 1. The quantitative estimate of drug-likeness (QED) is 0.687. The van der Waals surface area contributed by atoms with E-state index in [0.29, 0.717) is 27.1 Å². The van der Waals surface area contributed by atoms with Gasteiger partial charge in [-0.25, -0.2) is 0 Å². The van der Waals surface area contributed by atoms with Crippen LogP contribution in [0.2, 0.25) is 5.02 Å². The molecule has 8 heteroatoms. The highest BCUT2D eigenvalue weighted by Crippen LogP contribution is 2.37. The number of carboxylic acid groups (broad SMARTS) is 2. The minimum Gasteiger partial charge on any atom is -0.481 e. The maximum absolute atomic E-state index is 11.7. The van der Waals surface area contributed by atoms with E-state index in [9.17, 15) is 19.8 Å². The number of aromatic nitrogens is 2. The summed E-state index contributed by atoms with van der Waals surface area (Å²) in [5.41, 5.74) is 0.434. The highest BCUT2D eigenvalue weighted by atomic mass is 35.5. The van der Waals surface area contributed by atoms with Gasteiger partial charge in [0.1, 0.15) is 0 Å². The summed E-state index contributed by atoms with van der Waals surface area (Å²) in [4.78, 5) is 23.0. The van der Waals surface area contributed by atoms with Crippen LogP contribution in [-0.4, -0.2) is 32.3 Å². The molecular weight excluding hydrogens is 343 g/mol. The minimum absolute atomic E-state index is 0.00130. The van der Waals surface area contributed by atoms with E-state index in [1.807, 2.05) is 0 Å². The molecule has 2 rings (SSSR count). The summed E-state index contributed by atoms with van der Waals surface area (Å²) >= 11 is 12.2. The topological polar surface area (TPSA) is 103 Å². The molecule has 0 aliphatic rings. The predicted molar refractivity (Wildman–Crippen MR) is 86.9 cm³/mol. The Hall–Kier alpha value is -1.79. The van der Waals surface area contributed by atoms with Crippen molar-refractivity contribution in [1.82, 2.24) is 10.2 Å². The zero-order valence-corrected chi connectivity index (χ0v) is 14.1.